The maximum Gasteiger partial charge on any atom is 0.192 e. The summed E-state index contributed by atoms with van der Waals surface area (Å²) in [5, 5.41) is 9.63. The van der Waals surface area contributed by atoms with Crippen LogP contribution in [-0.2, 0) is 5.41 Å². The van der Waals surface area contributed by atoms with Crippen molar-refractivity contribution in [3.05, 3.63) is 161 Å². The van der Waals surface area contributed by atoms with Crippen LogP contribution in [0.2, 0.25) is 0 Å². The number of fused-ring (bicyclic) bond motifs is 1. The highest BCUT2D eigenvalue weighted by molar-refractivity contribution is 6.23. The van der Waals surface area contributed by atoms with Gasteiger partial charge < -0.3 is 0 Å². The first kappa shape index (κ1) is 26.7. The molecule has 0 amide bonds. The third-order valence-corrected chi connectivity index (χ3v) is 9.95. The third kappa shape index (κ3) is 4.46. The molecule has 0 N–H and O–H groups in total. The molecule has 1 aromatic heterocycles. The maximum absolute atomic E-state index is 14.8. The van der Waals surface area contributed by atoms with Crippen LogP contribution in [0.5, 0.6) is 0 Å². The molecule has 214 valence electrons. The van der Waals surface area contributed by atoms with Crippen molar-refractivity contribution >= 4 is 11.9 Å². The van der Waals surface area contributed by atoms with Crippen molar-refractivity contribution in [3.63, 3.8) is 0 Å². The lowest BCUT2D eigenvalue weighted by Gasteiger charge is -2.38. The van der Waals surface area contributed by atoms with E-state index in [2.05, 4.69) is 134 Å². The molecule has 0 spiro atoms. The summed E-state index contributed by atoms with van der Waals surface area (Å²) in [6.45, 7) is 0. The van der Waals surface area contributed by atoms with Gasteiger partial charge in [0.05, 0.1) is 5.56 Å². The van der Waals surface area contributed by atoms with E-state index >= 15 is 0 Å². The molecule has 3 aromatic carbocycles. The zero-order chi connectivity index (χ0) is 29.5. The lowest BCUT2D eigenvalue weighted by molar-refractivity contribution is 0.101. The molecule has 4 aromatic rings. The number of carbonyl (C=O) groups is 1. The number of benzene rings is 3. The summed E-state index contributed by atoms with van der Waals surface area (Å²) in [4.78, 5) is 14.8. The standard InChI is InChI=1S/C41H34N2O/c44-40-36(41(25-9-2-10-26-41)34-15-3-1-4-16-34)27-35-37(40)39(33-23-19-31(20-24-33)29-13-7-8-14-29)43-42-38(35)32-21-17-30(18-22-32)28-11-5-6-12-28/h1,3-8,11-24,27-29H,2,9-10,25-26H2. The number of nitrogens with zero attached hydrogens (tertiary/aromatic N) is 2. The fourth-order valence-electron chi connectivity index (χ4n) is 7.60. The molecule has 3 heteroatoms. The van der Waals surface area contributed by atoms with Crippen molar-refractivity contribution in [2.24, 2.45) is 0 Å². The number of allylic oxidation sites excluding steroid dienone is 9. The highest BCUT2D eigenvalue weighted by Crippen LogP contribution is 2.51. The SMILES string of the molecule is O=C1C(C2(c3ccccc3)CCCCC2)=Cc2c(-c3ccc(C4C=CC=C4)cc3)nnc(-c3ccc(C4C=CC=C4)cc3)c21. The number of carbonyl (C=O) groups excluding carboxylic acids is 1. The molecule has 0 saturated heterocycles. The van der Waals surface area contributed by atoms with E-state index in [1.807, 2.05) is 0 Å². The van der Waals surface area contributed by atoms with Gasteiger partial charge in [0.25, 0.3) is 0 Å². The molecular formula is C41H34N2O. The van der Waals surface area contributed by atoms with Crippen LogP contribution in [-0.4, -0.2) is 16.0 Å². The summed E-state index contributed by atoms with van der Waals surface area (Å²) in [5.41, 5.74) is 9.21. The Labute approximate surface area is 259 Å². The van der Waals surface area contributed by atoms with Crippen LogP contribution in [0.4, 0.5) is 0 Å². The first-order valence-electron chi connectivity index (χ1n) is 15.8. The fraction of sp³-hybridized carbons (Fsp3) is 0.195. The van der Waals surface area contributed by atoms with E-state index in [0.717, 1.165) is 53.6 Å². The van der Waals surface area contributed by atoms with E-state index in [9.17, 15) is 4.79 Å². The maximum atomic E-state index is 14.8. The van der Waals surface area contributed by atoms with Crippen LogP contribution < -0.4 is 0 Å². The first-order chi connectivity index (χ1) is 21.7. The molecule has 0 aliphatic heterocycles. The largest absolute Gasteiger partial charge is 0.289 e. The minimum absolute atomic E-state index is 0.0977. The van der Waals surface area contributed by atoms with Gasteiger partial charge in [0.2, 0.25) is 0 Å². The van der Waals surface area contributed by atoms with Crippen molar-refractivity contribution in [1.82, 2.24) is 10.2 Å². The Kier molecular flexibility index (Phi) is 6.67. The van der Waals surface area contributed by atoms with Crippen LogP contribution in [0.15, 0.2) is 133 Å². The average Bonchev–Trinajstić information content (AvgIpc) is 3.89. The van der Waals surface area contributed by atoms with Crippen molar-refractivity contribution in [2.75, 3.05) is 0 Å². The lowest BCUT2D eigenvalue weighted by Crippen LogP contribution is -2.33. The number of rotatable bonds is 6. The quantitative estimate of drug-likeness (QED) is 0.232. The molecule has 8 rings (SSSR count). The fourth-order valence-corrected chi connectivity index (χ4v) is 7.60. The van der Waals surface area contributed by atoms with E-state index in [1.165, 1.54) is 23.1 Å². The Balaban J connectivity index is 1.27. The summed E-state index contributed by atoms with van der Waals surface area (Å²) in [7, 11) is 0. The molecule has 0 bridgehead atoms. The Morgan fingerprint density at radius 3 is 1.68 bits per heavy atom. The first-order valence-corrected chi connectivity index (χ1v) is 15.8. The van der Waals surface area contributed by atoms with Gasteiger partial charge in [-0.15, -0.1) is 10.2 Å². The van der Waals surface area contributed by atoms with Gasteiger partial charge in [-0.25, -0.2) is 0 Å². The average molecular weight is 571 g/mol. The van der Waals surface area contributed by atoms with Crippen LogP contribution in [0, 0.1) is 0 Å². The Morgan fingerprint density at radius 2 is 1.11 bits per heavy atom. The number of hydrogen-bond donors (Lipinski definition) is 0. The zero-order valence-electron chi connectivity index (χ0n) is 24.7. The van der Waals surface area contributed by atoms with Crippen LogP contribution in [0.25, 0.3) is 28.6 Å². The van der Waals surface area contributed by atoms with Gasteiger partial charge in [-0.1, -0.05) is 147 Å². The second-order valence-electron chi connectivity index (χ2n) is 12.4. The van der Waals surface area contributed by atoms with Gasteiger partial charge in [-0.05, 0) is 35.6 Å². The zero-order valence-corrected chi connectivity index (χ0v) is 24.7. The van der Waals surface area contributed by atoms with E-state index in [0.29, 0.717) is 17.2 Å². The van der Waals surface area contributed by atoms with E-state index < -0.39 is 0 Å². The monoisotopic (exact) mass is 570 g/mol. The second kappa shape index (κ2) is 11.0. The minimum Gasteiger partial charge on any atom is -0.289 e. The molecule has 0 radical (unpaired) electrons. The van der Waals surface area contributed by atoms with Crippen molar-refractivity contribution in [1.29, 1.82) is 0 Å². The number of hydrogen-bond acceptors (Lipinski definition) is 3. The van der Waals surface area contributed by atoms with Gasteiger partial charge in [0.1, 0.15) is 11.4 Å². The Hall–Kier alpha value is -4.89. The van der Waals surface area contributed by atoms with Crippen molar-refractivity contribution in [2.45, 2.75) is 49.4 Å². The molecule has 1 saturated carbocycles. The third-order valence-electron chi connectivity index (χ3n) is 9.95. The van der Waals surface area contributed by atoms with Gasteiger partial charge in [0.15, 0.2) is 5.78 Å². The Bertz CT molecular complexity index is 1860. The molecule has 0 atom stereocenters. The van der Waals surface area contributed by atoms with Gasteiger partial charge >= 0.3 is 0 Å². The lowest BCUT2D eigenvalue weighted by atomic mass is 9.64. The molecule has 0 unspecified atom stereocenters. The summed E-state index contributed by atoms with van der Waals surface area (Å²) < 4.78 is 0. The highest BCUT2D eigenvalue weighted by Gasteiger charge is 2.45. The highest BCUT2D eigenvalue weighted by atomic mass is 16.1. The predicted octanol–water partition coefficient (Wildman–Crippen LogP) is 9.71. The van der Waals surface area contributed by atoms with E-state index in [-0.39, 0.29) is 17.1 Å². The van der Waals surface area contributed by atoms with Crippen LogP contribution in [0.1, 0.15) is 76.6 Å². The van der Waals surface area contributed by atoms with Gasteiger partial charge in [-0.3, -0.25) is 4.79 Å². The molecular weight excluding hydrogens is 536 g/mol. The van der Waals surface area contributed by atoms with Gasteiger partial charge in [-0.2, -0.15) is 0 Å². The van der Waals surface area contributed by atoms with Crippen molar-refractivity contribution < 1.29 is 4.79 Å². The molecule has 4 aliphatic carbocycles. The van der Waals surface area contributed by atoms with E-state index in [4.69, 9.17) is 10.2 Å². The molecule has 44 heavy (non-hydrogen) atoms. The van der Waals surface area contributed by atoms with Crippen LogP contribution in [0.3, 0.4) is 0 Å². The topological polar surface area (TPSA) is 42.9 Å². The predicted molar refractivity (Wildman–Crippen MR) is 178 cm³/mol. The summed E-state index contributed by atoms with van der Waals surface area (Å²) in [5.74, 6) is 0.681. The smallest absolute Gasteiger partial charge is 0.192 e. The summed E-state index contributed by atoms with van der Waals surface area (Å²) >= 11 is 0. The number of ketones is 1. The molecule has 3 nitrogen and oxygen atoms in total. The number of aromatic nitrogens is 2. The summed E-state index contributed by atoms with van der Waals surface area (Å²) in [6, 6.07) is 27.7. The normalized spacial score (nSPS) is 18.7. The van der Waals surface area contributed by atoms with Crippen LogP contribution >= 0.6 is 0 Å². The second-order valence-corrected chi connectivity index (χ2v) is 12.4. The van der Waals surface area contributed by atoms with E-state index in [1.54, 1.807) is 0 Å². The van der Waals surface area contributed by atoms with Gasteiger partial charge in [0, 0.05) is 39.5 Å². The summed E-state index contributed by atoms with van der Waals surface area (Å²) in [6.07, 6.45) is 24.7. The minimum atomic E-state index is -0.305. The molecule has 1 heterocycles. The number of Topliss-reactive ketones (excluding diaryl/α,β-unsaturated/α-hetero) is 1. The molecule has 1 fully saturated rings. The van der Waals surface area contributed by atoms with Crippen molar-refractivity contribution in [3.8, 4) is 22.5 Å². The Morgan fingerprint density at radius 1 is 0.591 bits per heavy atom. The molecule has 4 aliphatic rings.